The summed E-state index contributed by atoms with van der Waals surface area (Å²) in [5.74, 6) is 0. The summed E-state index contributed by atoms with van der Waals surface area (Å²) in [5.41, 5.74) is 0. The summed E-state index contributed by atoms with van der Waals surface area (Å²) in [5, 5.41) is 0. The first-order valence-corrected chi connectivity index (χ1v) is 19.6. The SMILES string of the molecule is CO[Si](CC[Si]1(C)O[SiH](C)CCCCO[Si](C)(COCC2CO2)O1)(OC)OC. The Morgan fingerprint density at radius 1 is 1.07 bits per heavy atom. The predicted molar refractivity (Wildman–Crippen MR) is 115 cm³/mol. The highest BCUT2D eigenvalue weighted by Crippen LogP contribution is 2.29. The second-order valence-corrected chi connectivity index (χ2v) is 20.6. The lowest BCUT2D eigenvalue weighted by Gasteiger charge is -2.40. The first-order chi connectivity index (χ1) is 13.3. The van der Waals surface area contributed by atoms with E-state index in [1.165, 1.54) is 0 Å². The van der Waals surface area contributed by atoms with Crippen LogP contribution in [0.3, 0.4) is 0 Å². The molecule has 0 aromatic rings. The van der Waals surface area contributed by atoms with Crippen molar-refractivity contribution in [3.63, 3.8) is 0 Å². The van der Waals surface area contributed by atoms with Gasteiger partial charge >= 0.3 is 25.9 Å². The third kappa shape index (κ3) is 8.00. The van der Waals surface area contributed by atoms with Crippen molar-refractivity contribution < 1.29 is 35.4 Å². The van der Waals surface area contributed by atoms with Gasteiger partial charge in [0.2, 0.25) is 0 Å². The van der Waals surface area contributed by atoms with Gasteiger partial charge in [-0.25, -0.2) is 0 Å². The van der Waals surface area contributed by atoms with Gasteiger partial charge in [0.15, 0.2) is 9.04 Å². The van der Waals surface area contributed by atoms with Crippen molar-refractivity contribution in [3.05, 3.63) is 0 Å². The molecular formula is C16H38O8Si4. The third-order valence-electron chi connectivity index (χ3n) is 5.18. The van der Waals surface area contributed by atoms with Crippen LogP contribution >= 0.6 is 0 Å². The second-order valence-electron chi connectivity index (χ2n) is 7.91. The zero-order chi connectivity index (χ0) is 20.7. The first-order valence-electron chi connectivity index (χ1n) is 10.1. The highest BCUT2D eigenvalue weighted by molar-refractivity contribution is 6.84. The van der Waals surface area contributed by atoms with Crippen LogP contribution in [0.1, 0.15) is 12.8 Å². The molecule has 2 aliphatic heterocycles. The average molecular weight is 471 g/mol. The maximum Gasteiger partial charge on any atom is 0.500 e. The van der Waals surface area contributed by atoms with Crippen LogP contribution in [-0.4, -0.2) is 88.5 Å². The van der Waals surface area contributed by atoms with Gasteiger partial charge in [-0.2, -0.15) is 0 Å². The minimum atomic E-state index is -2.68. The van der Waals surface area contributed by atoms with Gasteiger partial charge < -0.3 is 35.4 Å². The third-order valence-corrected chi connectivity index (χ3v) is 19.4. The highest BCUT2D eigenvalue weighted by atomic mass is 28.5. The Balaban J connectivity index is 2.08. The zero-order valence-electron chi connectivity index (χ0n) is 18.3. The molecule has 0 bridgehead atoms. The van der Waals surface area contributed by atoms with Gasteiger partial charge in [0.1, 0.15) is 6.10 Å². The van der Waals surface area contributed by atoms with Crippen molar-refractivity contribution in [2.45, 2.75) is 56.7 Å². The molecule has 8 nitrogen and oxygen atoms in total. The number of epoxide rings is 1. The largest absolute Gasteiger partial charge is 0.500 e. The molecule has 0 N–H and O–H groups in total. The van der Waals surface area contributed by atoms with Gasteiger partial charge in [-0.1, -0.05) is 6.42 Å². The summed E-state index contributed by atoms with van der Waals surface area (Å²) in [6.45, 7) is 8.63. The summed E-state index contributed by atoms with van der Waals surface area (Å²) >= 11 is 0. The summed E-state index contributed by atoms with van der Waals surface area (Å²) in [6.07, 6.45) is 2.92. The second kappa shape index (κ2) is 11.2. The van der Waals surface area contributed by atoms with Gasteiger partial charge in [0, 0.05) is 34.0 Å². The molecule has 2 heterocycles. The normalized spacial score (nSPS) is 34.9. The Kier molecular flexibility index (Phi) is 9.97. The van der Waals surface area contributed by atoms with Crippen LogP contribution in [0.5, 0.6) is 0 Å². The van der Waals surface area contributed by atoms with Crippen LogP contribution in [0, 0.1) is 0 Å². The summed E-state index contributed by atoms with van der Waals surface area (Å²) in [4.78, 5) is 0. The molecule has 0 radical (unpaired) electrons. The Hall–Kier alpha value is 0.548. The zero-order valence-corrected chi connectivity index (χ0v) is 22.4. The molecule has 28 heavy (non-hydrogen) atoms. The van der Waals surface area contributed by atoms with E-state index in [1.807, 2.05) is 0 Å². The van der Waals surface area contributed by atoms with E-state index in [0.717, 1.165) is 38.1 Å². The Morgan fingerprint density at radius 2 is 1.75 bits per heavy atom. The molecule has 0 aromatic carbocycles. The van der Waals surface area contributed by atoms with Crippen LogP contribution in [0.25, 0.3) is 0 Å². The highest BCUT2D eigenvalue weighted by Gasteiger charge is 2.48. The Labute approximate surface area is 174 Å². The van der Waals surface area contributed by atoms with Crippen LogP contribution in [-0.2, 0) is 35.4 Å². The quantitative estimate of drug-likeness (QED) is 0.355. The van der Waals surface area contributed by atoms with Gasteiger partial charge in [0.25, 0.3) is 0 Å². The molecule has 0 aromatic heterocycles. The van der Waals surface area contributed by atoms with E-state index in [9.17, 15) is 0 Å². The van der Waals surface area contributed by atoms with Crippen molar-refractivity contribution >= 4 is 35.0 Å². The van der Waals surface area contributed by atoms with E-state index >= 15 is 0 Å². The molecule has 2 saturated heterocycles. The molecule has 12 heteroatoms. The van der Waals surface area contributed by atoms with E-state index in [4.69, 9.17) is 35.4 Å². The van der Waals surface area contributed by atoms with Gasteiger partial charge in [-0.3, -0.25) is 0 Å². The van der Waals surface area contributed by atoms with Crippen LogP contribution in [0.15, 0.2) is 0 Å². The molecule has 2 fully saturated rings. The van der Waals surface area contributed by atoms with E-state index in [0.29, 0.717) is 18.9 Å². The van der Waals surface area contributed by atoms with Crippen LogP contribution in [0.2, 0.25) is 37.8 Å². The minimum Gasteiger partial charge on any atom is -0.439 e. The van der Waals surface area contributed by atoms with Crippen LogP contribution < -0.4 is 0 Å². The smallest absolute Gasteiger partial charge is 0.439 e. The minimum absolute atomic E-state index is 0.237. The van der Waals surface area contributed by atoms with E-state index in [1.54, 1.807) is 21.3 Å². The lowest BCUT2D eigenvalue weighted by molar-refractivity contribution is 0.109. The predicted octanol–water partition coefficient (Wildman–Crippen LogP) is 2.16. The molecule has 0 saturated carbocycles. The maximum atomic E-state index is 6.76. The summed E-state index contributed by atoms with van der Waals surface area (Å²) in [6, 6.07) is 2.57. The van der Waals surface area contributed by atoms with Crippen molar-refractivity contribution in [2.75, 3.05) is 47.4 Å². The fourth-order valence-electron chi connectivity index (χ4n) is 3.47. The molecule has 0 spiro atoms. The molecular weight excluding hydrogens is 433 g/mol. The molecule has 166 valence electrons. The summed E-state index contributed by atoms with van der Waals surface area (Å²) < 4.78 is 47.7. The average Bonchev–Trinajstić information content (AvgIpc) is 3.47. The fraction of sp³-hybridized carbons (Fsp3) is 1.00. The van der Waals surface area contributed by atoms with Crippen molar-refractivity contribution in [1.29, 1.82) is 0 Å². The van der Waals surface area contributed by atoms with Gasteiger partial charge in [0.05, 0.1) is 19.4 Å². The molecule has 2 rings (SSSR count). The standard InChI is InChI=1S/C16H38O8Si4/c1-17-28(18-2,19-3)12-11-26(5)23-25(4)10-8-7-9-22-27(6,24-26)15-20-13-16-14-21-16/h16,25H,7-15H2,1-6H3. The van der Waals surface area contributed by atoms with Crippen molar-refractivity contribution in [3.8, 4) is 0 Å². The number of hydrogen-bond donors (Lipinski definition) is 0. The molecule has 0 aliphatic carbocycles. The number of ether oxygens (including phenoxy) is 2. The maximum absolute atomic E-state index is 6.76. The van der Waals surface area contributed by atoms with Crippen molar-refractivity contribution in [1.82, 2.24) is 0 Å². The monoisotopic (exact) mass is 470 g/mol. The number of rotatable bonds is 10. The number of hydrogen-bond acceptors (Lipinski definition) is 8. The molecule has 2 aliphatic rings. The fourth-order valence-corrected chi connectivity index (χ4v) is 19.1. The lowest BCUT2D eigenvalue weighted by atomic mass is 10.4. The first kappa shape index (κ1) is 24.8. The van der Waals surface area contributed by atoms with Gasteiger partial charge in [-0.15, -0.1) is 0 Å². The van der Waals surface area contributed by atoms with Crippen molar-refractivity contribution in [2.24, 2.45) is 0 Å². The Bertz CT molecular complexity index is 460. The Morgan fingerprint density at radius 3 is 2.36 bits per heavy atom. The van der Waals surface area contributed by atoms with E-state index < -0.39 is 35.0 Å². The lowest BCUT2D eigenvalue weighted by Crippen LogP contribution is -2.58. The topological polar surface area (TPSA) is 77.1 Å². The van der Waals surface area contributed by atoms with E-state index in [2.05, 4.69) is 19.6 Å². The molecule has 0 amide bonds. The van der Waals surface area contributed by atoms with Gasteiger partial charge in [-0.05, 0) is 38.2 Å². The van der Waals surface area contributed by atoms with Crippen LogP contribution in [0.4, 0.5) is 0 Å². The molecule has 4 atom stereocenters. The molecule has 4 unspecified atom stereocenters. The van der Waals surface area contributed by atoms with E-state index in [-0.39, 0.29) is 6.10 Å². The summed E-state index contributed by atoms with van der Waals surface area (Å²) in [7, 11) is -4.10.